The molecule has 0 N–H and O–H groups in total. The number of hydrogen-bond acceptors (Lipinski definition) is 18. The van der Waals surface area contributed by atoms with Crippen LogP contribution in [0.15, 0.2) is 0 Å². The minimum atomic E-state index is -2.92. The van der Waals surface area contributed by atoms with E-state index in [0.29, 0.717) is 0 Å². The second-order valence-corrected chi connectivity index (χ2v) is 1.73. The van der Waals surface area contributed by atoms with Gasteiger partial charge < -0.3 is 90.4 Å². The Balaban J connectivity index is -0.0000000125. The Bertz CT molecular complexity index is 116. The van der Waals surface area contributed by atoms with E-state index in [-0.39, 0.29) is 214 Å². The Morgan fingerprint density at radius 1 is 0.167 bits per heavy atom. The molecular formula is B6La6O18. The summed E-state index contributed by atoms with van der Waals surface area (Å²) in [5.74, 6) is 0. The van der Waals surface area contributed by atoms with E-state index in [1.54, 1.807) is 0 Å². The summed E-state index contributed by atoms with van der Waals surface area (Å²) in [5.41, 5.74) is 0. The molecule has 0 aromatic heterocycles. The van der Waals surface area contributed by atoms with Gasteiger partial charge in [-0.1, -0.05) is 0 Å². The Morgan fingerprint density at radius 3 is 0.167 bits per heavy atom. The first kappa shape index (κ1) is 76.7. The molecule has 0 aromatic carbocycles. The van der Waals surface area contributed by atoms with Crippen LogP contribution in [-0.4, -0.2) is 43.9 Å². The first-order chi connectivity index (χ1) is 10.4. The monoisotopic (exact) mass is 1190 g/mol. The zero-order valence-electron chi connectivity index (χ0n) is 14.3. The summed E-state index contributed by atoms with van der Waals surface area (Å²) in [4.78, 5) is 0. The zero-order valence-corrected chi connectivity index (χ0v) is 36.0. The molecule has 144 valence electrons. The molecule has 0 aliphatic carbocycles. The van der Waals surface area contributed by atoms with E-state index in [2.05, 4.69) is 0 Å². The maximum atomic E-state index is 8.42. The van der Waals surface area contributed by atoms with Crippen molar-refractivity contribution < 1.29 is 304 Å². The van der Waals surface area contributed by atoms with E-state index in [1.165, 1.54) is 0 Å². The Hall–Kier alpha value is 6.84. The van der Waals surface area contributed by atoms with Gasteiger partial charge in [0.15, 0.2) is 0 Å². The number of hydrogen-bond donors (Lipinski definition) is 0. The first-order valence-corrected chi connectivity index (χ1v) is 4.24. The minimum Gasteiger partial charge on any atom is -0.907 e. The van der Waals surface area contributed by atoms with Crippen molar-refractivity contribution >= 4 is 43.9 Å². The topological polar surface area (TPSA) is 415 Å². The summed E-state index contributed by atoms with van der Waals surface area (Å²) in [6.45, 7) is 0. The van der Waals surface area contributed by atoms with E-state index in [0.717, 1.165) is 0 Å². The van der Waals surface area contributed by atoms with Crippen molar-refractivity contribution in [2.24, 2.45) is 0 Å². The second-order valence-electron chi connectivity index (χ2n) is 1.73. The average molecular weight is 1190 g/mol. The van der Waals surface area contributed by atoms with Crippen molar-refractivity contribution in [1.82, 2.24) is 0 Å². The summed E-state index contributed by atoms with van der Waals surface area (Å²) < 4.78 is 0. The maximum Gasteiger partial charge on any atom is 3.00 e. The van der Waals surface area contributed by atoms with E-state index < -0.39 is 43.9 Å². The summed E-state index contributed by atoms with van der Waals surface area (Å²) in [6, 6.07) is 0. The molecule has 0 heterocycles. The average Bonchev–Trinajstić information content (AvgIpc) is 2.08. The van der Waals surface area contributed by atoms with E-state index >= 15 is 0 Å². The molecule has 0 radical (unpaired) electrons. The van der Waals surface area contributed by atoms with Gasteiger partial charge >= 0.3 is 214 Å². The molecule has 0 aliphatic heterocycles. The molecule has 0 saturated carbocycles. The van der Waals surface area contributed by atoms with Crippen LogP contribution in [0.25, 0.3) is 0 Å². The summed E-state index contributed by atoms with van der Waals surface area (Å²) in [6.07, 6.45) is 0. The predicted molar refractivity (Wildman–Crippen MR) is 34.5 cm³/mol. The van der Waals surface area contributed by atoms with Gasteiger partial charge in [-0.15, -0.1) is 0 Å². The molecule has 0 fully saturated rings. The van der Waals surface area contributed by atoms with Crippen molar-refractivity contribution in [3.05, 3.63) is 0 Å². The normalized spacial score (nSPS) is 5.40. The van der Waals surface area contributed by atoms with Crippen LogP contribution < -0.4 is 90.4 Å². The van der Waals surface area contributed by atoms with Crippen LogP contribution in [0.5, 0.6) is 0 Å². The van der Waals surface area contributed by atoms with Crippen molar-refractivity contribution in [2.75, 3.05) is 0 Å². The van der Waals surface area contributed by atoms with Crippen LogP contribution in [0.2, 0.25) is 0 Å². The Morgan fingerprint density at radius 2 is 0.167 bits per heavy atom. The van der Waals surface area contributed by atoms with Gasteiger partial charge in [-0.2, -0.15) is 0 Å². The van der Waals surface area contributed by atoms with E-state index in [9.17, 15) is 0 Å². The minimum absolute atomic E-state index is 0. The van der Waals surface area contributed by atoms with Crippen molar-refractivity contribution in [2.45, 2.75) is 0 Å². The molecule has 0 rings (SSSR count). The number of rotatable bonds is 0. The van der Waals surface area contributed by atoms with Gasteiger partial charge in [0.25, 0.3) is 0 Å². The van der Waals surface area contributed by atoms with Gasteiger partial charge in [0.1, 0.15) is 0 Å². The van der Waals surface area contributed by atoms with Crippen LogP contribution in [-0.2, 0) is 0 Å². The molecule has 0 aliphatic rings. The fourth-order valence-electron chi connectivity index (χ4n) is 0. The molecule has 0 spiro atoms. The largest absolute Gasteiger partial charge is 3.00 e. The third-order valence-electron chi connectivity index (χ3n) is 0. The van der Waals surface area contributed by atoms with Crippen molar-refractivity contribution in [3.8, 4) is 0 Å². The van der Waals surface area contributed by atoms with Crippen LogP contribution in [0.4, 0.5) is 0 Å². The second kappa shape index (κ2) is 70.5. The molecule has 0 unspecified atom stereocenters. The Labute approximate surface area is 340 Å². The van der Waals surface area contributed by atoms with Crippen molar-refractivity contribution in [1.29, 1.82) is 0 Å². The third-order valence-corrected chi connectivity index (χ3v) is 0. The third kappa shape index (κ3) is 853. The molecule has 18 nitrogen and oxygen atoms in total. The van der Waals surface area contributed by atoms with Gasteiger partial charge in [-0.3, -0.25) is 43.9 Å². The molecule has 30 heavy (non-hydrogen) atoms. The standard InChI is InChI=1S/6BO3.6La/c6*2-1(3)4;;;;;;/q6*-3;6*+3. The smallest absolute Gasteiger partial charge is 0.907 e. The van der Waals surface area contributed by atoms with Crippen LogP contribution in [0.3, 0.4) is 0 Å². The molecule has 0 bridgehead atoms. The van der Waals surface area contributed by atoms with Gasteiger partial charge in [0.2, 0.25) is 0 Å². The van der Waals surface area contributed by atoms with Crippen molar-refractivity contribution in [3.63, 3.8) is 0 Å². The summed E-state index contributed by atoms with van der Waals surface area (Å²) in [5, 5.41) is 152. The molecule has 0 saturated heterocycles. The van der Waals surface area contributed by atoms with Crippen LogP contribution >= 0.6 is 0 Å². The van der Waals surface area contributed by atoms with Gasteiger partial charge in [0.05, 0.1) is 0 Å². The maximum absolute atomic E-state index is 8.42. The van der Waals surface area contributed by atoms with Crippen LogP contribution in [0.1, 0.15) is 0 Å². The summed E-state index contributed by atoms with van der Waals surface area (Å²) >= 11 is 0. The zero-order chi connectivity index (χ0) is 21.5. The Kier molecular flexibility index (Phi) is 180. The fourth-order valence-corrected chi connectivity index (χ4v) is 0. The molecule has 0 atom stereocenters. The first-order valence-electron chi connectivity index (χ1n) is 4.24. The quantitative estimate of drug-likeness (QED) is 0.203. The van der Waals surface area contributed by atoms with Gasteiger partial charge in [0, 0.05) is 0 Å². The summed E-state index contributed by atoms with van der Waals surface area (Å²) in [7, 11) is -17.5. The predicted octanol–water partition coefficient (Wildman–Crippen LogP) is -23.7. The molecule has 0 aromatic rings. The van der Waals surface area contributed by atoms with Gasteiger partial charge in [-0.25, -0.2) is 0 Å². The SMILES string of the molecule is [La+3].[La+3].[La+3].[La+3].[La+3].[La+3].[O-]B([O-])[O-].[O-]B([O-])[O-].[O-]B([O-])[O-].[O-]B([O-])[O-].[O-]B([O-])[O-].[O-]B([O-])[O-]. The van der Waals surface area contributed by atoms with Crippen LogP contribution in [0, 0.1) is 214 Å². The van der Waals surface area contributed by atoms with E-state index in [1.807, 2.05) is 0 Å². The molecule has 0 amide bonds. The fraction of sp³-hybridized carbons (Fsp3) is 0. The molecule has 30 heteroatoms. The van der Waals surface area contributed by atoms with Gasteiger partial charge in [-0.05, 0) is 0 Å². The van der Waals surface area contributed by atoms with E-state index in [4.69, 9.17) is 90.4 Å². The molecular weight excluding hydrogens is 1190 g/mol.